The van der Waals surface area contributed by atoms with Gasteiger partial charge in [0.2, 0.25) is 5.91 Å². The summed E-state index contributed by atoms with van der Waals surface area (Å²) in [7, 11) is 3.14. The summed E-state index contributed by atoms with van der Waals surface area (Å²) in [5, 5.41) is 2.81. The average Bonchev–Trinajstić information content (AvgIpc) is 2.56. The molecular weight excluding hydrogens is 410 g/mol. The molecule has 0 heterocycles. The lowest BCUT2D eigenvalue weighted by atomic mass is 10.2. The second kappa shape index (κ2) is 9.49. The first-order valence-corrected chi connectivity index (χ1v) is 8.53. The molecule has 0 unspecified atom stereocenters. The van der Waals surface area contributed by atoms with Gasteiger partial charge in [-0.15, -0.1) is 0 Å². The summed E-state index contributed by atoms with van der Waals surface area (Å²) in [6.07, 6.45) is 0. The lowest BCUT2D eigenvalue weighted by molar-refractivity contribution is -0.117. The van der Waals surface area contributed by atoms with E-state index in [2.05, 4.69) is 26.0 Å². The monoisotopic (exact) mass is 428 g/mol. The summed E-state index contributed by atoms with van der Waals surface area (Å²) < 4.78 is 35.3. The Hall–Kier alpha value is -2.19. The van der Waals surface area contributed by atoms with Gasteiger partial charge in [0.25, 0.3) is 0 Å². The quantitative estimate of drug-likeness (QED) is 0.686. The number of carbonyl (C=O) groups is 1. The lowest BCUT2D eigenvalue weighted by Gasteiger charge is -2.18. The van der Waals surface area contributed by atoms with Gasteiger partial charge in [0.15, 0.2) is 11.5 Å². The van der Waals surface area contributed by atoms with Crippen molar-refractivity contribution in [3.63, 3.8) is 0 Å². The number of anilines is 1. The molecule has 5 nitrogen and oxygen atoms in total. The number of nitrogens with zero attached hydrogens (tertiary/aromatic N) is 1. The Labute approximate surface area is 159 Å². The summed E-state index contributed by atoms with van der Waals surface area (Å²) in [5.74, 6) is 0.00593. The Kier molecular flexibility index (Phi) is 7.35. The molecule has 140 valence electrons. The molecule has 1 amide bonds. The molecule has 0 aliphatic carbocycles. The van der Waals surface area contributed by atoms with Gasteiger partial charge in [-0.05, 0) is 52.8 Å². The highest BCUT2D eigenvalue weighted by atomic mass is 79.9. The Morgan fingerprint density at radius 2 is 1.96 bits per heavy atom. The predicted octanol–water partition coefficient (Wildman–Crippen LogP) is 4.13. The summed E-state index contributed by atoms with van der Waals surface area (Å²) >= 11 is 3.37. The molecule has 2 rings (SSSR count). The van der Waals surface area contributed by atoms with Crippen molar-refractivity contribution in [2.24, 2.45) is 0 Å². The standard InChI is InChI=1S/C18H19BrF2N2O3/c1-23(11-17(24)22-14-6-4-3-5-13(14)19)10-12-7-8-15(25-2)16(9-12)26-18(20)21/h3-9,18H,10-11H2,1-2H3,(H,22,24). The third-order valence-electron chi connectivity index (χ3n) is 3.46. The number of ether oxygens (including phenoxy) is 2. The van der Waals surface area contributed by atoms with Gasteiger partial charge in [0, 0.05) is 11.0 Å². The van der Waals surface area contributed by atoms with Crippen LogP contribution < -0.4 is 14.8 Å². The van der Waals surface area contributed by atoms with Crippen molar-refractivity contribution in [3.05, 3.63) is 52.5 Å². The smallest absolute Gasteiger partial charge is 0.387 e. The number of hydrogen-bond donors (Lipinski definition) is 1. The number of amides is 1. The highest BCUT2D eigenvalue weighted by Gasteiger charge is 2.13. The summed E-state index contributed by atoms with van der Waals surface area (Å²) in [6.45, 7) is -2.42. The fraction of sp³-hybridized carbons (Fsp3) is 0.278. The zero-order chi connectivity index (χ0) is 19.1. The number of para-hydroxylation sites is 1. The first-order valence-electron chi connectivity index (χ1n) is 7.73. The molecule has 0 fully saturated rings. The summed E-state index contributed by atoms with van der Waals surface area (Å²) in [5.41, 5.74) is 1.40. The van der Waals surface area contributed by atoms with Gasteiger partial charge in [-0.25, -0.2) is 0 Å². The maximum Gasteiger partial charge on any atom is 0.387 e. The topological polar surface area (TPSA) is 50.8 Å². The zero-order valence-corrected chi connectivity index (χ0v) is 15.9. The fourth-order valence-electron chi connectivity index (χ4n) is 2.37. The number of hydrogen-bond acceptors (Lipinski definition) is 4. The minimum absolute atomic E-state index is 0.0360. The third kappa shape index (κ3) is 5.96. The second-order valence-corrected chi connectivity index (χ2v) is 6.42. The van der Waals surface area contributed by atoms with Gasteiger partial charge < -0.3 is 14.8 Å². The van der Waals surface area contributed by atoms with Gasteiger partial charge in [0.1, 0.15) is 0 Å². The number of alkyl halides is 2. The minimum Gasteiger partial charge on any atom is -0.493 e. The third-order valence-corrected chi connectivity index (χ3v) is 4.15. The molecule has 0 spiro atoms. The van der Waals surface area contributed by atoms with Crippen LogP contribution in [0.5, 0.6) is 11.5 Å². The van der Waals surface area contributed by atoms with E-state index in [4.69, 9.17) is 4.74 Å². The predicted molar refractivity (Wildman–Crippen MR) is 98.7 cm³/mol. The van der Waals surface area contributed by atoms with E-state index in [1.165, 1.54) is 13.2 Å². The summed E-state index contributed by atoms with van der Waals surface area (Å²) in [6, 6.07) is 12.1. The largest absolute Gasteiger partial charge is 0.493 e. The molecule has 0 atom stereocenters. The molecule has 0 saturated carbocycles. The Morgan fingerprint density at radius 1 is 1.23 bits per heavy atom. The van der Waals surface area contributed by atoms with E-state index in [9.17, 15) is 13.6 Å². The first-order chi connectivity index (χ1) is 12.4. The second-order valence-electron chi connectivity index (χ2n) is 5.56. The van der Waals surface area contributed by atoms with Crippen molar-refractivity contribution in [3.8, 4) is 11.5 Å². The van der Waals surface area contributed by atoms with Crippen molar-refractivity contribution < 1.29 is 23.0 Å². The number of methoxy groups -OCH3 is 1. The first kappa shape index (κ1) is 20.1. The summed E-state index contributed by atoms with van der Waals surface area (Å²) in [4.78, 5) is 13.9. The van der Waals surface area contributed by atoms with Crippen LogP contribution in [-0.2, 0) is 11.3 Å². The van der Waals surface area contributed by atoms with Gasteiger partial charge in [-0.1, -0.05) is 18.2 Å². The number of rotatable bonds is 8. The van der Waals surface area contributed by atoms with E-state index in [-0.39, 0.29) is 24.0 Å². The molecule has 1 N–H and O–H groups in total. The number of halogens is 3. The van der Waals surface area contributed by atoms with E-state index >= 15 is 0 Å². The molecule has 0 aromatic heterocycles. The van der Waals surface area contributed by atoms with E-state index < -0.39 is 6.61 Å². The van der Waals surface area contributed by atoms with Crippen LogP contribution >= 0.6 is 15.9 Å². The fourth-order valence-corrected chi connectivity index (χ4v) is 2.76. The lowest BCUT2D eigenvalue weighted by Crippen LogP contribution is -2.29. The minimum atomic E-state index is -2.94. The SMILES string of the molecule is COc1ccc(CN(C)CC(=O)Nc2ccccc2Br)cc1OC(F)F. The molecule has 2 aromatic carbocycles. The molecule has 26 heavy (non-hydrogen) atoms. The highest BCUT2D eigenvalue weighted by Crippen LogP contribution is 2.29. The number of nitrogens with one attached hydrogen (secondary N) is 1. The van der Waals surface area contributed by atoms with Crippen molar-refractivity contribution in [2.75, 3.05) is 26.0 Å². The molecule has 0 aliphatic heterocycles. The number of benzene rings is 2. The normalized spacial score (nSPS) is 10.9. The van der Waals surface area contributed by atoms with Crippen LogP contribution in [0.1, 0.15) is 5.56 Å². The van der Waals surface area contributed by atoms with Crippen LogP contribution in [0.3, 0.4) is 0 Å². The van der Waals surface area contributed by atoms with Crippen molar-refractivity contribution in [1.82, 2.24) is 4.90 Å². The Balaban J connectivity index is 1.97. The van der Waals surface area contributed by atoms with Gasteiger partial charge in [-0.2, -0.15) is 8.78 Å². The van der Waals surface area contributed by atoms with Crippen molar-refractivity contribution >= 4 is 27.5 Å². The van der Waals surface area contributed by atoms with Crippen LogP contribution in [0.4, 0.5) is 14.5 Å². The molecule has 0 bridgehead atoms. The Bertz CT molecular complexity index is 759. The van der Waals surface area contributed by atoms with Gasteiger partial charge >= 0.3 is 6.61 Å². The van der Waals surface area contributed by atoms with E-state index in [0.29, 0.717) is 12.2 Å². The molecule has 8 heteroatoms. The Morgan fingerprint density at radius 3 is 2.62 bits per heavy atom. The number of carbonyl (C=O) groups excluding carboxylic acids is 1. The molecule has 0 aliphatic rings. The maximum atomic E-state index is 12.5. The van der Waals surface area contributed by atoms with Crippen molar-refractivity contribution in [2.45, 2.75) is 13.2 Å². The molecule has 0 saturated heterocycles. The van der Waals surface area contributed by atoms with Crippen LogP contribution in [0.25, 0.3) is 0 Å². The van der Waals surface area contributed by atoms with E-state index in [1.807, 2.05) is 18.2 Å². The van der Waals surface area contributed by atoms with Crippen molar-refractivity contribution in [1.29, 1.82) is 0 Å². The van der Waals surface area contributed by atoms with Gasteiger partial charge in [-0.3, -0.25) is 9.69 Å². The van der Waals surface area contributed by atoms with E-state index in [1.54, 1.807) is 30.1 Å². The van der Waals surface area contributed by atoms with Crippen LogP contribution in [0.15, 0.2) is 46.9 Å². The van der Waals surface area contributed by atoms with Crippen LogP contribution in [-0.4, -0.2) is 38.1 Å². The van der Waals surface area contributed by atoms with Crippen LogP contribution in [0.2, 0.25) is 0 Å². The van der Waals surface area contributed by atoms with E-state index in [0.717, 1.165) is 10.0 Å². The zero-order valence-electron chi connectivity index (χ0n) is 14.3. The molecule has 2 aromatic rings. The average molecular weight is 429 g/mol. The van der Waals surface area contributed by atoms with Gasteiger partial charge in [0.05, 0.1) is 19.3 Å². The molecule has 0 radical (unpaired) electrons. The maximum absolute atomic E-state index is 12.5. The number of likely N-dealkylation sites (N-methyl/N-ethyl adjacent to an activating group) is 1. The highest BCUT2D eigenvalue weighted by molar-refractivity contribution is 9.10. The van der Waals surface area contributed by atoms with Crippen LogP contribution in [0, 0.1) is 0 Å². The molecular formula is C18H19BrF2N2O3.